The first-order valence-corrected chi connectivity index (χ1v) is 8.18. The molecule has 2 heterocycles. The Morgan fingerprint density at radius 3 is 3.05 bits per heavy atom. The van der Waals surface area contributed by atoms with E-state index in [1.54, 1.807) is 6.20 Å². The van der Waals surface area contributed by atoms with Crippen LogP contribution in [0.4, 0.5) is 0 Å². The maximum atomic E-state index is 12.4. The summed E-state index contributed by atoms with van der Waals surface area (Å²) in [6, 6.07) is 4.49. The van der Waals surface area contributed by atoms with Crippen LogP contribution in [0.1, 0.15) is 49.8 Å². The molecule has 4 nitrogen and oxygen atoms in total. The molecule has 114 valence electrons. The van der Waals surface area contributed by atoms with Gasteiger partial charge in [0.1, 0.15) is 0 Å². The molecule has 21 heavy (non-hydrogen) atoms. The third-order valence-corrected chi connectivity index (χ3v) is 5.01. The van der Waals surface area contributed by atoms with Crippen LogP contribution in [-0.2, 0) is 11.3 Å². The summed E-state index contributed by atoms with van der Waals surface area (Å²) >= 11 is 0. The number of hydrogen-bond donors (Lipinski definition) is 2. The zero-order chi connectivity index (χ0) is 14.7. The molecule has 0 radical (unpaired) electrons. The Kier molecular flexibility index (Phi) is 4.54. The summed E-state index contributed by atoms with van der Waals surface area (Å²) in [7, 11) is 0. The van der Waals surface area contributed by atoms with Gasteiger partial charge in [-0.15, -0.1) is 0 Å². The highest BCUT2D eigenvalue weighted by Gasteiger charge is 2.34. The van der Waals surface area contributed by atoms with E-state index < -0.39 is 0 Å². The van der Waals surface area contributed by atoms with Gasteiger partial charge in [0.15, 0.2) is 0 Å². The predicted molar refractivity (Wildman–Crippen MR) is 82.7 cm³/mol. The molecule has 0 bridgehead atoms. The molecule has 2 aliphatic rings. The SMILES string of the molecule is Cc1cccnc1CNC(=O)C1CCC2CCCCC2N1. The van der Waals surface area contributed by atoms with Crippen molar-refractivity contribution in [1.29, 1.82) is 0 Å². The van der Waals surface area contributed by atoms with Crippen LogP contribution in [0.25, 0.3) is 0 Å². The van der Waals surface area contributed by atoms with Crippen LogP contribution in [0, 0.1) is 12.8 Å². The fourth-order valence-corrected chi connectivity index (χ4v) is 3.70. The van der Waals surface area contributed by atoms with E-state index in [0.29, 0.717) is 12.6 Å². The van der Waals surface area contributed by atoms with Crippen molar-refractivity contribution in [3.05, 3.63) is 29.6 Å². The van der Waals surface area contributed by atoms with Crippen LogP contribution in [0.5, 0.6) is 0 Å². The van der Waals surface area contributed by atoms with E-state index >= 15 is 0 Å². The number of piperidine rings is 1. The summed E-state index contributed by atoms with van der Waals surface area (Å²) in [5.41, 5.74) is 2.08. The Morgan fingerprint density at radius 1 is 1.33 bits per heavy atom. The van der Waals surface area contributed by atoms with E-state index in [4.69, 9.17) is 0 Å². The molecule has 1 saturated carbocycles. The number of amides is 1. The smallest absolute Gasteiger partial charge is 0.237 e. The minimum atomic E-state index is -0.0200. The van der Waals surface area contributed by atoms with E-state index in [-0.39, 0.29) is 11.9 Å². The summed E-state index contributed by atoms with van der Waals surface area (Å²) in [5.74, 6) is 0.921. The van der Waals surface area contributed by atoms with Crippen LogP contribution in [0.3, 0.4) is 0 Å². The van der Waals surface area contributed by atoms with Gasteiger partial charge in [0, 0.05) is 12.2 Å². The van der Waals surface area contributed by atoms with E-state index in [1.807, 2.05) is 19.1 Å². The van der Waals surface area contributed by atoms with Gasteiger partial charge >= 0.3 is 0 Å². The standard InChI is InChI=1S/C17H25N3O/c1-12-5-4-10-18-16(12)11-19-17(21)15-9-8-13-6-2-3-7-14(13)20-15/h4-5,10,13-15,20H,2-3,6-9,11H2,1H3,(H,19,21). The summed E-state index contributed by atoms with van der Waals surface area (Å²) in [4.78, 5) is 16.7. The molecule has 1 aliphatic carbocycles. The van der Waals surface area contributed by atoms with E-state index in [1.165, 1.54) is 32.1 Å². The van der Waals surface area contributed by atoms with Crippen molar-refractivity contribution in [2.45, 2.75) is 64.1 Å². The number of carbonyl (C=O) groups excluding carboxylic acids is 1. The zero-order valence-corrected chi connectivity index (χ0v) is 12.8. The molecule has 3 rings (SSSR count). The number of aromatic nitrogens is 1. The fourth-order valence-electron chi connectivity index (χ4n) is 3.70. The second kappa shape index (κ2) is 6.56. The summed E-state index contributed by atoms with van der Waals surface area (Å²) in [6.07, 6.45) is 9.16. The van der Waals surface area contributed by atoms with Crippen LogP contribution in [0.15, 0.2) is 18.3 Å². The van der Waals surface area contributed by atoms with Crippen molar-refractivity contribution in [3.63, 3.8) is 0 Å². The molecular formula is C17H25N3O. The molecule has 0 spiro atoms. The molecular weight excluding hydrogens is 262 g/mol. The van der Waals surface area contributed by atoms with Gasteiger partial charge in [0.2, 0.25) is 5.91 Å². The lowest BCUT2D eigenvalue weighted by molar-refractivity contribution is -0.124. The van der Waals surface area contributed by atoms with Gasteiger partial charge in [-0.25, -0.2) is 0 Å². The first kappa shape index (κ1) is 14.5. The molecule has 1 amide bonds. The second-order valence-corrected chi connectivity index (χ2v) is 6.43. The van der Waals surface area contributed by atoms with Crippen LogP contribution < -0.4 is 10.6 Å². The average Bonchev–Trinajstić information content (AvgIpc) is 2.53. The summed E-state index contributed by atoms with van der Waals surface area (Å²) in [6.45, 7) is 2.55. The van der Waals surface area contributed by atoms with Crippen molar-refractivity contribution in [3.8, 4) is 0 Å². The Bertz CT molecular complexity index is 503. The number of hydrogen-bond acceptors (Lipinski definition) is 3. The molecule has 1 aromatic rings. The molecule has 1 aliphatic heterocycles. The first-order chi connectivity index (χ1) is 10.2. The highest BCUT2D eigenvalue weighted by Crippen LogP contribution is 2.32. The van der Waals surface area contributed by atoms with E-state index in [9.17, 15) is 4.79 Å². The zero-order valence-electron chi connectivity index (χ0n) is 12.8. The molecule has 0 aromatic carbocycles. The van der Waals surface area contributed by atoms with Crippen molar-refractivity contribution < 1.29 is 4.79 Å². The van der Waals surface area contributed by atoms with E-state index in [2.05, 4.69) is 15.6 Å². The molecule has 2 N–H and O–H groups in total. The van der Waals surface area contributed by atoms with Crippen molar-refractivity contribution in [2.24, 2.45) is 5.92 Å². The van der Waals surface area contributed by atoms with Crippen molar-refractivity contribution in [2.75, 3.05) is 0 Å². The third kappa shape index (κ3) is 3.43. The first-order valence-electron chi connectivity index (χ1n) is 8.18. The Morgan fingerprint density at radius 2 is 2.19 bits per heavy atom. The number of nitrogens with one attached hydrogen (secondary N) is 2. The van der Waals surface area contributed by atoms with Gasteiger partial charge in [-0.1, -0.05) is 18.9 Å². The minimum Gasteiger partial charge on any atom is -0.349 e. The van der Waals surface area contributed by atoms with Crippen molar-refractivity contribution >= 4 is 5.91 Å². The molecule has 3 atom stereocenters. The molecule has 3 unspecified atom stereocenters. The predicted octanol–water partition coefficient (Wildman–Crippen LogP) is 2.32. The molecule has 1 saturated heterocycles. The normalized spacial score (nSPS) is 28.7. The van der Waals surface area contributed by atoms with Crippen LogP contribution in [-0.4, -0.2) is 23.0 Å². The largest absolute Gasteiger partial charge is 0.349 e. The average molecular weight is 287 g/mol. The van der Waals surface area contributed by atoms with Gasteiger partial charge in [-0.05, 0) is 50.2 Å². The Labute approximate surface area is 126 Å². The quantitative estimate of drug-likeness (QED) is 0.897. The van der Waals surface area contributed by atoms with Gasteiger partial charge in [0.05, 0.1) is 18.3 Å². The summed E-state index contributed by atoms with van der Waals surface area (Å²) in [5, 5.41) is 6.61. The van der Waals surface area contributed by atoms with E-state index in [0.717, 1.165) is 23.6 Å². The van der Waals surface area contributed by atoms with Crippen molar-refractivity contribution in [1.82, 2.24) is 15.6 Å². The summed E-state index contributed by atoms with van der Waals surface area (Å²) < 4.78 is 0. The minimum absolute atomic E-state index is 0.0200. The third-order valence-electron chi connectivity index (χ3n) is 5.01. The van der Waals surface area contributed by atoms with Gasteiger partial charge in [0.25, 0.3) is 0 Å². The second-order valence-electron chi connectivity index (χ2n) is 6.43. The van der Waals surface area contributed by atoms with Crippen LogP contribution in [0.2, 0.25) is 0 Å². The molecule has 1 aromatic heterocycles. The number of nitrogens with zero attached hydrogens (tertiary/aromatic N) is 1. The van der Waals surface area contributed by atoms with Gasteiger partial charge in [-0.3, -0.25) is 9.78 Å². The lowest BCUT2D eigenvalue weighted by atomic mass is 9.77. The lowest BCUT2D eigenvalue weighted by Gasteiger charge is -2.39. The monoisotopic (exact) mass is 287 g/mol. The lowest BCUT2D eigenvalue weighted by Crippen LogP contribution is -2.54. The highest BCUT2D eigenvalue weighted by atomic mass is 16.2. The number of rotatable bonds is 3. The Hall–Kier alpha value is -1.42. The Balaban J connectivity index is 1.53. The molecule has 4 heteroatoms. The number of carbonyl (C=O) groups is 1. The topological polar surface area (TPSA) is 54.0 Å². The molecule has 2 fully saturated rings. The van der Waals surface area contributed by atoms with Gasteiger partial charge < -0.3 is 10.6 Å². The number of aryl methyl sites for hydroxylation is 1. The van der Waals surface area contributed by atoms with Crippen LogP contribution >= 0.6 is 0 Å². The fraction of sp³-hybridized carbons (Fsp3) is 0.647. The number of pyridine rings is 1. The maximum absolute atomic E-state index is 12.4. The highest BCUT2D eigenvalue weighted by molar-refractivity contribution is 5.81. The number of fused-ring (bicyclic) bond motifs is 1. The maximum Gasteiger partial charge on any atom is 0.237 e. The van der Waals surface area contributed by atoms with Gasteiger partial charge in [-0.2, -0.15) is 0 Å².